The van der Waals surface area contributed by atoms with Gasteiger partial charge in [0.15, 0.2) is 0 Å². The van der Waals surface area contributed by atoms with Crippen LogP contribution < -0.4 is 10.9 Å². The van der Waals surface area contributed by atoms with Crippen molar-refractivity contribution in [2.24, 2.45) is 10.2 Å². The van der Waals surface area contributed by atoms with Crippen molar-refractivity contribution in [3.8, 4) is 0 Å². The molecule has 6 nitrogen and oxygen atoms in total. The van der Waals surface area contributed by atoms with Crippen molar-refractivity contribution in [2.45, 2.75) is 53.4 Å². The normalized spacial score (nSPS) is 12.2. The second kappa shape index (κ2) is 9.32. The highest BCUT2D eigenvalue weighted by atomic mass is 16.2. The molecule has 2 N–H and O–H groups in total. The fourth-order valence-corrected chi connectivity index (χ4v) is 0.813. The lowest BCUT2D eigenvalue weighted by Crippen LogP contribution is -2.23. The molecule has 0 aromatic heterocycles. The molecule has 0 fully saturated rings. The summed E-state index contributed by atoms with van der Waals surface area (Å²) in [5.41, 5.74) is 6.48. The van der Waals surface area contributed by atoms with Crippen molar-refractivity contribution >= 4 is 23.2 Å². The molecular formula is C12H22N4O2. The summed E-state index contributed by atoms with van der Waals surface area (Å²) in [7, 11) is 0. The third kappa shape index (κ3) is 8.43. The van der Waals surface area contributed by atoms with Gasteiger partial charge >= 0.3 is 0 Å². The number of amides is 2. The van der Waals surface area contributed by atoms with E-state index < -0.39 is 0 Å². The zero-order valence-electron chi connectivity index (χ0n) is 11.5. The molecule has 0 radical (unpaired) electrons. The molecule has 2 amide bonds. The second-order valence-electron chi connectivity index (χ2n) is 3.97. The Morgan fingerprint density at radius 3 is 1.44 bits per heavy atom. The highest BCUT2D eigenvalue weighted by Crippen LogP contribution is 1.91. The van der Waals surface area contributed by atoms with Gasteiger partial charge < -0.3 is 0 Å². The minimum atomic E-state index is -0.269. The van der Waals surface area contributed by atoms with E-state index in [1.807, 2.05) is 27.7 Å². The Morgan fingerprint density at radius 1 is 0.833 bits per heavy atom. The molecule has 0 unspecified atom stereocenters. The molecule has 0 bridgehead atoms. The van der Waals surface area contributed by atoms with Crippen LogP contribution >= 0.6 is 0 Å². The predicted octanol–water partition coefficient (Wildman–Crippen LogP) is 1.57. The van der Waals surface area contributed by atoms with Gasteiger partial charge in [-0.1, -0.05) is 13.8 Å². The van der Waals surface area contributed by atoms with E-state index in [0.717, 1.165) is 24.3 Å². The zero-order valence-corrected chi connectivity index (χ0v) is 11.5. The lowest BCUT2D eigenvalue weighted by molar-refractivity contribution is -0.126. The maximum Gasteiger partial charge on any atom is 0.240 e. The minimum absolute atomic E-state index is 0.104. The van der Waals surface area contributed by atoms with Crippen LogP contribution in [0.25, 0.3) is 0 Å². The van der Waals surface area contributed by atoms with E-state index in [2.05, 4.69) is 21.1 Å². The Hall–Kier alpha value is -1.72. The first-order valence-electron chi connectivity index (χ1n) is 6.13. The summed E-state index contributed by atoms with van der Waals surface area (Å²) in [5.74, 6) is -0.539. The van der Waals surface area contributed by atoms with Crippen LogP contribution in [-0.2, 0) is 9.59 Å². The number of carbonyl (C=O) groups is 2. The second-order valence-corrected chi connectivity index (χ2v) is 3.97. The lowest BCUT2D eigenvalue weighted by Gasteiger charge is -2.02. The predicted molar refractivity (Wildman–Crippen MR) is 72.3 cm³/mol. The SMILES string of the molecule is CC/C(C)=N\NC(=O)CCC(=O)N/N=C(\C)CC. The van der Waals surface area contributed by atoms with Crippen LogP contribution in [0.1, 0.15) is 53.4 Å². The molecule has 0 saturated carbocycles. The van der Waals surface area contributed by atoms with Crippen LogP contribution in [0, 0.1) is 0 Å². The third-order valence-electron chi connectivity index (χ3n) is 2.35. The molecule has 0 aliphatic heterocycles. The summed E-state index contributed by atoms with van der Waals surface area (Å²) in [6, 6.07) is 0. The molecule has 0 aromatic rings. The van der Waals surface area contributed by atoms with E-state index >= 15 is 0 Å². The first-order valence-corrected chi connectivity index (χ1v) is 6.13. The van der Waals surface area contributed by atoms with E-state index in [1.54, 1.807) is 0 Å². The summed E-state index contributed by atoms with van der Waals surface area (Å²) < 4.78 is 0. The zero-order chi connectivity index (χ0) is 14.0. The van der Waals surface area contributed by atoms with Crippen molar-refractivity contribution in [1.29, 1.82) is 0 Å². The van der Waals surface area contributed by atoms with Gasteiger partial charge in [-0.15, -0.1) is 0 Å². The number of nitrogens with one attached hydrogen (secondary N) is 2. The molecule has 0 rings (SSSR count). The van der Waals surface area contributed by atoms with Gasteiger partial charge in [0.25, 0.3) is 0 Å². The maximum atomic E-state index is 11.3. The Morgan fingerprint density at radius 2 is 1.17 bits per heavy atom. The average Bonchev–Trinajstić information content (AvgIpc) is 2.39. The van der Waals surface area contributed by atoms with Gasteiger partial charge in [-0.25, -0.2) is 10.9 Å². The quantitative estimate of drug-likeness (QED) is 0.534. The first kappa shape index (κ1) is 16.3. The van der Waals surface area contributed by atoms with E-state index in [9.17, 15) is 9.59 Å². The Kier molecular flexibility index (Phi) is 8.43. The number of nitrogens with zero attached hydrogens (tertiary/aromatic N) is 2. The number of carbonyl (C=O) groups excluding carboxylic acids is 2. The largest absolute Gasteiger partial charge is 0.273 e. The maximum absolute atomic E-state index is 11.3. The summed E-state index contributed by atoms with van der Waals surface area (Å²) >= 11 is 0. The van der Waals surface area contributed by atoms with Crippen molar-refractivity contribution in [3.05, 3.63) is 0 Å². The van der Waals surface area contributed by atoms with E-state index in [-0.39, 0.29) is 24.7 Å². The average molecular weight is 254 g/mol. The van der Waals surface area contributed by atoms with Crippen LogP contribution in [0.4, 0.5) is 0 Å². The Balaban J connectivity index is 3.89. The third-order valence-corrected chi connectivity index (χ3v) is 2.35. The molecule has 18 heavy (non-hydrogen) atoms. The molecule has 0 saturated heterocycles. The number of rotatable bonds is 7. The fourth-order valence-electron chi connectivity index (χ4n) is 0.813. The molecule has 102 valence electrons. The minimum Gasteiger partial charge on any atom is -0.273 e. The van der Waals surface area contributed by atoms with Gasteiger partial charge in [0.05, 0.1) is 0 Å². The highest BCUT2D eigenvalue weighted by Gasteiger charge is 2.05. The molecule has 0 aromatic carbocycles. The fraction of sp³-hybridized carbons (Fsp3) is 0.667. The topological polar surface area (TPSA) is 82.9 Å². The lowest BCUT2D eigenvalue weighted by atomic mass is 10.3. The van der Waals surface area contributed by atoms with Crippen molar-refractivity contribution in [2.75, 3.05) is 0 Å². The monoisotopic (exact) mass is 254 g/mol. The van der Waals surface area contributed by atoms with Crippen LogP contribution in [0.5, 0.6) is 0 Å². The number of hydrogen-bond acceptors (Lipinski definition) is 4. The summed E-state index contributed by atoms with van der Waals surface area (Å²) in [6.07, 6.45) is 1.78. The van der Waals surface area contributed by atoms with Gasteiger partial charge in [0.2, 0.25) is 11.8 Å². The number of hydrogen-bond donors (Lipinski definition) is 2. The molecule has 0 aliphatic rings. The Bertz CT molecular complexity index is 314. The Labute approximate surface area is 108 Å². The van der Waals surface area contributed by atoms with Crippen molar-refractivity contribution in [3.63, 3.8) is 0 Å². The summed E-state index contributed by atoms with van der Waals surface area (Å²) in [6.45, 7) is 7.56. The van der Waals surface area contributed by atoms with Crippen LogP contribution in [0.2, 0.25) is 0 Å². The van der Waals surface area contributed by atoms with E-state index in [0.29, 0.717) is 0 Å². The number of hydrazone groups is 2. The van der Waals surface area contributed by atoms with E-state index in [4.69, 9.17) is 0 Å². The van der Waals surface area contributed by atoms with Crippen molar-refractivity contribution in [1.82, 2.24) is 10.9 Å². The van der Waals surface area contributed by atoms with Crippen molar-refractivity contribution < 1.29 is 9.59 Å². The molecule has 0 spiro atoms. The van der Waals surface area contributed by atoms with Gasteiger partial charge in [0.1, 0.15) is 0 Å². The van der Waals surface area contributed by atoms with Crippen LogP contribution in [0.15, 0.2) is 10.2 Å². The molecule has 0 atom stereocenters. The van der Waals surface area contributed by atoms with Crippen LogP contribution in [-0.4, -0.2) is 23.2 Å². The van der Waals surface area contributed by atoms with E-state index in [1.165, 1.54) is 0 Å². The highest BCUT2D eigenvalue weighted by molar-refractivity contribution is 5.87. The first-order chi connectivity index (χ1) is 8.49. The summed E-state index contributed by atoms with van der Waals surface area (Å²) in [5, 5.41) is 7.73. The molecule has 6 heteroatoms. The molecule has 0 heterocycles. The van der Waals surface area contributed by atoms with Crippen LogP contribution in [0.3, 0.4) is 0 Å². The van der Waals surface area contributed by atoms with Gasteiger partial charge in [-0.05, 0) is 26.7 Å². The standard InChI is InChI=1S/C12H22N4O2/c1-5-9(3)13-15-11(17)7-8-12(18)16-14-10(4)6-2/h5-8H2,1-4H3,(H,15,17)(H,16,18)/b13-9-,14-10+. The smallest absolute Gasteiger partial charge is 0.240 e. The summed E-state index contributed by atoms with van der Waals surface area (Å²) in [4.78, 5) is 22.7. The molecule has 0 aliphatic carbocycles. The van der Waals surface area contributed by atoms with Gasteiger partial charge in [-0.3, -0.25) is 9.59 Å². The van der Waals surface area contributed by atoms with Gasteiger partial charge in [0, 0.05) is 24.3 Å². The van der Waals surface area contributed by atoms with Gasteiger partial charge in [-0.2, -0.15) is 10.2 Å². The molecular weight excluding hydrogens is 232 g/mol.